The van der Waals surface area contributed by atoms with Crippen LogP contribution in [0.4, 0.5) is 62.3 Å². The zero-order valence-electron chi connectivity index (χ0n) is 44.0. The second kappa shape index (κ2) is 29.8. The molecule has 440 valence electrons. The number of nitrogens with zero attached hydrogens (tertiary/aromatic N) is 4. The van der Waals surface area contributed by atoms with Gasteiger partial charge in [0.15, 0.2) is 5.82 Å². The summed E-state index contributed by atoms with van der Waals surface area (Å²) in [6, 6.07) is 32.7. The molecule has 6 aromatic carbocycles. The topological polar surface area (TPSA) is 179 Å². The lowest BCUT2D eigenvalue weighted by atomic mass is 9.77. The number of ether oxygens (including phenoxy) is 2. The molecule has 7 aromatic rings. The van der Waals surface area contributed by atoms with Crippen LogP contribution < -0.4 is 30.7 Å². The first kappa shape index (κ1) is 63.4. The van der Waals surface area contributed by atoms with Crippen molar-refractivity contribution < 1.29 is 71.7 Å². The van der Waals surface area contributed by atoms with Gasteiger partial charge in [-0.25, -0.2) is 27.2 Å². The minimum Gasteiger partial charge on any atom is -0.428 e. The van der Waals surface area contributed by atoms with Gasteiger partial charge in [-0.15, -0.1) is 10.2 Å². The third kappa shape index (κ3) is 18.6. The minimum atomic E-state index is -4.91. The first-order chi connectivity index (χ1) is 39.6. The Morgan fingerprint density at radius 1 is 0.530 bits per heavy atom. The van der Waals surface area contributed by atoms with Gasteiger partial charge < -0.3 is 30.7 Å². The molecule has 0 spiro atoms. The summed E-state index contributed by atoms with van der Waals surface area (Å²) in [5, 5.41) is 33.3. The summed E-state index contributed by atoms with van der Waals surface area (Å²) < 4.78 is 172. The van der Waals surface area contributed by atoms with Crippen LogP contribution in [0.1, 0.15) is 84.2 Å². The van der Waals surface area contributed by atoms with Crippen molar-refractivity contribution in [3.63, 3.8) is 0 Å². The molecule has 1 heterocycles. The van der Waals surface area contributed by atoms with E-state index >= 15 is 0 Å². The molecule has 2 atom stereocenters. The number of benzene rings is 6. The number of rotatable bonds is 27. The van der Waals surface area contributed by atoms with Crippen LogP contribution in [0.5, 0.6) is 11.5 Å². The van der Waals surface area contributed by atoms with Crippen molar-refractivity contribution in [2.24, 2.45) is 0 Å². The van der Waals surface area contributed by atoms with Crippen molar-refractivity contribution in [2.75, 3.05) is 13.1 Å². The minimum absolute atomic E-state index is 0.0499. The van der Waals surface area contributed by atoms with E-state index < -0.39 is 83.0 Å². The van der Waals surface area contributed by atoms with Crippen molar-refractivity contribution in [2.45, 2.75) is 100 Å². The van der Waals surface area contributed by atoms with Crippen LogP contribution in [0, 0.1) is 34.6 Å². The first-order valence-corrected chi connectivity index (χ1v) is 25.8. The predicted molar refractivity (Wildman–Crippen MR) is 279 cm³/mol. The van der Waals surface area contributed by atoms with Gasteiger partial charge in [0.25, 0.3) is 0 Å². The number of amides is 4. The van der Waals surface area contributed by atoms with Gasteiger partial charge in [-0.3, -0.25) is 0 Å². The van der Waals surface area contributed by atoms with Crippen molar-refractivity contribution in [1.82, 2.24) is 41.9 Å². The zero-order valence-corrected chi connectivity index (χ0v) is 44.0. The van der Waals surface area contributed by atoms with E-state index in [0.717, 1.165) is 61.4 Å². The summed E-state index contributed by atoms with van der Waals surface area (Å²) >= 11 is 0. The van der Waals surface area contributed by atoms with Crippen LogP contribution in [0.2, 0.25) is 0 Å². The number of carbonyl (C=O) groups is 2. The molecule has 0 saturated carbocycles. The van der Waals surface area contributed by atoms with Gasteiger partial charge in [0, 0.05) is 50.9 Å². The second-order valence-electron chi connectivity index (χ2n) is 18.8. The standard InChI is InChI=1S/C29H28F6N6O2.C29H27F6N3O2/c30-22-12-10-20(11-13-22)28(18-19-7-3-1-4-8-19,21-15-23(31)17-24(16-21)43-29(34,35)26(32)33)37-27(42)36-14-6-2-5-9-25-38-40-41-39-25;30-23-12-10-21(11-13-23)28(19-20-8-4-3-5-9-20,38-27(39)37-15-7-2-1-6-14-36)22-16-24(31)18-25(17-22)40-29(34,35)26(32)33/h1,3-4,7-8,10-13,15-17,26H,2,5-6,9,14,18H2,(H2,36,37,42)(H,38,39,40,41);3-5,8-13,16-18,26H,1-2,6-7,15,19H2,(H2,37,38,39)/t2*28-/m11/s1. The summed E-state index contributed by atoms with van der Waals surface area (Å²) in [7, 11) is 0. The molecule has 25 heteroatoms. The molecule has 0 aliphatic rings. The number of nitriles is 1. The molecule has 0 bridgehead atoms. The fourth-order valence-electron chi connectivity index (χ4n) is 8.79. The van der Waals surface area contributed by atoms with Crippen LogP contribution in [-0.2, 0) is 30.3 Å². The van der Waals surface area contributed by atoms with E-state index in [2.05, 4.69) is 51.4 Å². The number of H-pyrrole nitrogens is 1. The molecule has 7 rings (SSSR count). The molecular formula is C58H55F12N9O4. The quantitative estimate of drug-likeness (QED) is 0.0249. The molecule has 1 aromatic heterocycles. The first-order valence-electron chi connectivity index (χ1n) is 25.8. The van der Waals surface area contributed by atoms with Crippen LogP contribution in [0.25, 0.3) is 0 Å². The van der Waals surface area contributed by atoms with Crippen LogP contribution in [-0.4, -0.2) is 70.8 Å². The molecule has 0 saturated heterocycles. The number of aryl methyl sites for hydroxylation is 1. The van der Waals surface area contributed by atoms with E-state index in [9.17, 15) is 62.3 Å². The average Bonchev–Trinajstić information content (AvgIpc) is 4.06. The van der Waals surface area contributed by atoms with Gasteiger partial charge in [-0.2, -0.15) is 45.6 Å². The summed E-state index contributed by atoms with van der Waals surface area (Å²) in [4.78, 5) is 26.4. The van der Waals surface area contributed by atoms with Crippen molar-refractivity contribution >= 4 is 12.1 Å². The third-order valence-electron chi connectivity index (χ3n) is 12.7. The highest BCUT2D eigenvalue weighted by Crippen LogP contribution is 2.40. The SMILES string of the molecule is N#CCCCCCNC(=O)N[C@](Cc1ccccc1)(c1ccc(F)cc1)c1cc(F)cc(OC(F)(F)C(F)F)c1.O=C(NCCCCCc1nn[nH]n1)N[C@](Cc1ccccc1)(c1ccc(F)cc1)c1cc(F)cc(OC(F)(F)C(F)F)c1. The van der Waals surface area contributed by atoms with Gasteiger partial charge in [-0.1, -0.05) is 103 Å². The number of urea groups is 2. The van der Waals surface area contributed by atoms with Gasteiger partial charge in [-0.05, 0) is 108 Å². The maximum atomic E-state index is 14.9. The van der Waals surface area contributed by atoms with E-state index in [1.165, 1.54) is 24.3 Å². The number of carbonyl (C=O) groups excluding carboxylic acids is 2. The number of tetrazole rings is 1. The number of nitrogens with one attached hydrogen (secondary N) is 5. The molecule has 13 nitrogen and oxygen atoms in total. The average molecular weight is 1170 g/mol. The highest BCUT2D eigenvalue weighted by molar-refractivity contribution is 5.77. The Balaban J connectivity index is 0.000000267. The normalized spacial score (nSPS) is 12.9. The Kier molecular flexibility index (Phi) is 22.7. The lowest BCUT2D eigenvalue weighted by molar-refractivity contribution is -0.253. The van der Waals surface area contributed by atoms with E-state index in [-0.39, 0.29) is 48.2 Å². The number of hydrogen-bond acceptors (Lipinski definition) is 8. The second-order valence-corrected chi connectivity index (χ2v) is 18.8. The zero-order chi connectivity index (χ0) is 60.0. The monoisotopic (exact) mass is 1170 g/mol. The lowest BCUT2D eigenvalue weighted by Crippen LogP contribution is -2.52. The Morgan fingerprint density at radius 2 is 0.952 bits per heavy atom. The van der Waals surface area contributed by atoms with Gasteiger partial charge in [0.1, 0.15) is 34.8 Å². The third-order valence-corrected chi connectivity index (χ3v) is 12.7. The summed E-state index contributed by atoms with van der Waals surface area (Å²) in [5.41, 5.74) is -1.76. The summed E-state index contributed by atoms with van der Waals surface area (Å²) in [5.74, 6) is -4.57. The molecule has 83 heavy (non-hydrogen) atoms. The van der Waals surface area contributed by atoms with Gasteiger partial charge in [0.05, 0.1) is 17.1 Å². The molecule has 0 unspecified atom stereocenters. The summed E-state index contributed by atoms with van der Waals surface area (Å²) in [6.45, 7) is 0.487. The largest absolute Gasteiger partial charge is 0.461 e. The Morgan fingerprint density at radius 3 is 1.34 bits per heavy atom. The summed E-state index contributed by atoms with van der Waals surface area (Å²) in [6.07, 6.45) is -13.3. The smallest absolute Gasteiger partial charge is 0.428 e. The van der Waals surface area contributed by atoms with Crippen molar-refractivity contribution in [1.29, 1.82) is 5.26 Å². The maximum absolute atomic E-state index is 14.9. The Hall–Kier alpha value is -8.82. The highest BCUT2D eigenvalue weighted by Gasteiger charge is 2.46. The number of halogens is 12. The predicted octanol–water partition coefficient (Wildman–Crippen LogP) is 13.0. The molecule has 0 aliphatic heterocycles. The van der Waals surface area contributed by atoms with Crippen molar-refractivity contribution in [3.8, 4) is 17.6 Å². The number of alkyl halides is 8. The van der Waals surface area contributed by atoms with E-state index in [1.54, 1.807) is 60.7 Å². The molecule has 5 N–H and O–H groups in total. The van der Waals surface area contributed by atoms with Crippen molar-refractivity contribution in [3.05, 3.63) is 208 Å². The number of aromatic amines is 1. The van der Waals surface area contributed by atoms with Gasteiger partial charge in [0.2, 0.25) is 0 Å². The fraction of sp³-hybridized carbons (Fsp3) is 0.310. The molecule has 0 fully saturated rings. The fourth-order valence-corrected chi connectivity index (χ4v) is 8.79. The number of hydrogen-bond donors (Lipinski definition) is 5. The van der Waals surface area contributed by atoms with Crippen LogP contribution in [0.3, 0.4) is 0 Å². The lowest BCUT2D eigenvalue weighted by Gasteiger charge is -2.37. The molecule has 0 aliphatic carbocycles. The number of aromatic nitrogens is 4. The Bertz CT molecular complexity index is 3180. The number of unbranched alkanes of at least 4 members (excludes halogenated alkanes) is 5. The molecule has 0 radical (unpaired) electrons. The van der Waals surface area contributed by atoms with Crippen LogP contribution in [0.15, 0.2) is 146 Å². The molecular weight excluding hydrogens is 1110 g/mol. The molecule has 4 amide bonds. The van der Waals surface area contributed by atoms with E-state index in [4.69, 9.17) is 5.26 Å². The van der Waals surface area contributed by atoms with E-state index in [0.29, 0.717) is 67.6 Å². The van der Waals surface area contributed by atoms with Crippen LogP contribution >= 0.6 is 0 Å². The van der Waals surface area contributed by atoms with Gasteiger partial charge >= 0.3 is 37.1 Å². The highest BCUT2D eigenvalue weighted by atomic mass is 19.3. The van der Waals surface area contributed by atoms with E-state index in [1.807, 2.05) is 6.07 Å². The maximum Gasteiger partial charge on any atom is 0.461 e. The Labute approximate surface area is 468 Å².